The van der Waals surface area contributed by atoms with E-state index in [-0.39, 0.29) is 30.0 Å². The second kappa shape index (κ2) is 8.79. The standard InChI is InChI=1S/C19H27N3O3S/c23-19(15-20-18-8-14-26(24,25)16-18)22-12-10-21(11-13-22)9-4-7-17-5-2-1-3-6-17/h1-7,18,20H,8-16H2/b7-4+. The van der Waals surface area contributed by atoms with Crippen molar-refractivity contribution in [2.75, 3.05) is 50.8 Å². The molecule has 0 spiro atoms. The average Bonchev–Trinajstić information content (AvgIpc) is 3.00. The Morgan fingerprint density at radius 1 is 1.15 bits per heavy atom. The van der Waals surface area contributed by atoms with E-state index < -0.39 is 9.84 Å². The zero-order chi connectivity index (χ0) is 18.4. The van der Waals surface area contributed by atoms with Gasteiger partial charge in [-0.3, -0.25) is 9.69 Å². The highest BCUT2D eigenvalue weighted by atomic mass is 32.2. The Hall–Kier alpha value is -1.70. The number of amides is 1. The van der Waals surface area contributed by atoms with E-state index in [0.717, 1.165) is 32.7 Å². The third-order valence-electron chi connectivity index (χ3n) is 4.97. The van der Waals surface area contributed by atoms with Crippen LogP contribution in [-0.4, -0.2) is 80.9 Å². The number of hydrogen-bond donors (Lipinski definition) is 1. The molecule has 1 amide bonds. The molecule has 2 aliphatic rings. The van der Waals surface area contributed by atoms with Crippen LogP contribution in [0.5, 0.6) is 0 Å². The molecule has 1 aromatic rings. The van der Waals surface area contributed by atoms with Crippen molar-refractivity contribution in [2.24, 2.45) is 0 Å². The van der Waals surface area contributed by atoms with Crippen LogP contribution in [0.1, 0.15) is 12.0 Å². The molecular formula is C19H27N3O3S. The molecule has 0 aliphatic carbocycles. The number of piperazine rings is 1. The van der Waals surface area contributed by atoms with Crippen molar-refractivity contribution in [2.45, 2.75) is 12.5 Å². The number of carbonyl (C=O) groups excluding carboxylic acids is 1. The van der Waals surface area contributed by atoms with E-state index in [0.29, 0.717) is 6.42 Å². The number of benzene rings is 1. The molecule has 26 heavy (non-hydrogen) atoms. The fourth-order valence-corrected chi connectivity index (χ4v) is 5.09. The lowest BCUT2D eigenvalue weighted by Crippen LogP contribution is -2.51. The largest absolute Gasteiger partial charge is 0.339 e. The van der Waals surface area contributed by atoms with Crippen molar-refractivity contribution in [1.29, 1.82) is 0 Å². The Labute approximate surface area is 155 Å². The summed E-state index contributed by atoms with van der Waals surface area (Å²) in [6.07, 6.45) is 4.89. The van der Waals surface area contributed by atoms with Gasteiger partial charge in [-0.15, -0.1) is 0 Å². The van der Waals surface area contributed by atoms with Gasteiger partial charge < -0.3 is 10.2 Å². The number of nitrogens with zero attached hydrogens (tertiary/aromatic N) is 2. The summed E-state index contributed by atoms with van der Waals surface area (Å²) in [5.41, 5.74) is 1.20. The molecular weight excluding hydrogens is 350 g/mol. The van der Waals surface area contributed by atoms with E-state index in [1.165, 1.54) is 5.56 Å². The van der Waals surface area contributed by atoms with Crippen molar-refractivity contribution < 1.29 is 13.2 Å². The van der Waals surface area contributed by atoms with E-state index in [1.54, 1.807) is 0 Å². The van der Waals surface area contributed by atoms with E-state index >= 15 is 0 Å². The first-order chi connectivity index (χ1) is 12.5. The molecule has 2 aliphatic heterocycles. The van der Waals surface area contributed by atoms with Crippen LogP contribution in [0.3, 0.4) is 0 Å². The van der Waals surface area contributed by atoms with Crippen LogP contribution in [0.4, 0.5) is 0 Å². The van der Waals surface area contributed by atoms with Crippen molar-refractivity contribution in [3.8, 4) is 0 Å². The third-order valence-corrected chi connectivity index (χ3v) is 6.74. The molecule has 1 unspecified atom stereocenters. The van der Waals surface area contributed by atoms with Gasteiger partial charge in [-0.05, 0) is 12.0 Å². The minimum absolute atomic E-state index is 0.0637. The molecule has 0 bridgehead atoms. The Balaban J connectivity index is 1.35. The molecule has 1 atom stereocenters. The van der Waals surface area contributed by atoms with Crippen molar-refractivity contribution in [3.63, 3.8) is 0 Å². The SMILES string of the molecule is O=C(CNC1CCS(=O)(=O)C1)N1CCN(C/C=C/c2ccccc2)CC1. The first kappa shape index (κ1) is 19.1. The van der Waals surface area contributed by atoms with Crippen LogP contribution in [0.2, 0.25) is 0 Å². The summed E-state index contributed by atoms with van der Waals surface area (Å²) in [5.74, 6) is 0.448. The van der Waals surface area contributed by atoms with Crippen LogP contribution in [-0.2, 0) is 14.6 Å². The van der Waals surface area contributed by atoms with E-state index in [9.17, 15) is 13.2 Å². The summed E-state index contributed by atoms with van der Waals surface area (Å²) < 4.78 is 22.9. The second-order valence-electron chi connectivity index (χ2n) is 6.98. The number of carbonyl (C=O) groups is 1. The third kappa shape index (κ3) is 5.65. The molecule has 0 aromatic heterocycles. The summed E-state index contributed by atoms with van der Waals surface area (Å²) >= 11 is 0. The van der Waals surface area contributed by atoms with Crippen LogP contribution < -0.4 is 5.32 Å². The Bertz CT molecular complexity index is 726. The van der Waals surface area contributed by atoms with Gasteiger partial charge in [0.15, 0.2) is 9.84 Å². The molecule has 0 saturated carbocycles. The fourth-order valence-electron chi connectivity index (χ4n) is 3.38. The summed E-state index contributed by atoms with van der Waals surface area (Å²) in [6.45, 7) is 4.29. The van der Waals surface area contributed by atoms with Gasteiger partial charge in [0.2, 0.25) is 5.91 Å². The minimum Gasteiger partial charge on any atom is -0.339 e. The van der Waals surface area contributed by atoms with Crippen molar-refractivity contribution in [3.05, 3.63) is 42.0 Å². The maximum absolute atomic E-state index is 12.3. The quantitative estimate of drug-likeness (QED) is 0.787. The summed E-state index contributed by atoms with van der Waals surface area (Å²) in [5, 5.41) is 3.10. The highest BCUT2D eigenvalue weighted by Gasteiger charge is 2.28. The predicted octanol–water partition coefficient (Wildman–Crippen LogP) is 0.621. The monoisotopic (exact) mass is 377 g/mol. The van der Waals surface area contributed by atoms with Gasteiger partial charge in [-0.25, -0.2) is 8.42 Å². The molecule has 1 aromatic carbocycles. The smallest absolute Gasteiger partial charge is 0.236 e. The first-order valence-electron chi connectivity index (χ1n) is 9.17. The van der Waals surface area contributed by atoms with Gasteiger partial charge in [0.25, 0.3) is 0 Å². The molecule has 2 fully saturated rings. The highest BCUT2D eigenvalue weighted by Crippen LogP contribution is 2.11. The average molecular weight is 378 g/mol. The van der Waals surface area contributed by atoms with Gasteiger partial charge in [0.1, 0.15) is 0 Å². The van der Waals surface area contributed by atoms with E-state index in [4.69, 9.17) is 0 Å². The molecule has 2 saturated heterocycles. The molecule has 3 rings (SSSR count). The Morgan fingerprint density at radius 3 is 2.54 bits per heavy atom. The predicted molar refractivity (Wildman–Crippen MR) is 104 cm³/mol. The molecule has 1 N–H and O–H groups in total. The lowest BCUT2D eigenvalue weighted by Gasteiger charge is -2.34. The molecule has 0 radical (unpaired) electrons. The summed E-state index contributed by atoms with van der Waals surface area (Å²) in [7, 11) is -2.91. The molecule has 2 heterocycles. The number of hydrogen-bond acceptors (Lipinski definition) is 5. The van der Waals surface area contributed by atoms with Gasteiger partial charge >= 0.3 is 0 Å². The number of nitrogens with one attached hydrogen (secondary N) is 1. The van der Waals surface area contributed by atoms with Gasteiger partial charge in [-0.2, -0.15) is 0 Å². The van der Waals surface area contributed by atoms with Crippen molar-refractivity contribution in [1.82, 2.24) is 15.1 Å². The highest BCUT2D eigenvalue weighted by molar-refractivity contribution is 7.91. The molecule has 142 valence electrons. The van der Waals surface area contributed by atoms with Crippen LogP contribution in [0, 0.1) is 0 Å². The summed E-state index contributed by atoms with van der Waals surface area (Å²) in [4.78, 5) is 16.5. The van der Waals surface area contributed by atoms with E-state index in [2.05, 4.69) is 34.5 Å². The topological polar surface area (TPSA) is 69.7 Å². The molecule has 6 nitrogen and oxygen atoms in total. The van der Waals surface area contributed by atoms with Crippen LogP contribution in [0.25, 0.3) is 6.08 Å². The first-order valence-corrected chi connectivity index (χ1v) is 11.0. The normalized spacial score (nSPS) is 23.5. The number of rotatable bonds is 6. The van der Waals surface area contributed by atoms with Crippen LogP contribution in [0.15, 0.2) is 36.4 Å². The molecule has 7 heteroatoms. The fraction of sp³-hybridized carbons (Fsp3) is 0.526. The number of sulfone groups is 1. The van der Waals surface area contributed by atoms with Crippen molar-refractivity contribution >= 4 is 21.8 Å². The maximum atomic E-state index is 12.3. The lowest BCUT2D eigenvalue weighted by molar-refractivity contribution is -0.132. The minimum atomic E-state index is -2.91. The van der Waals surface area contributed by atoms with Gasteiger partial charge in [0, 0.05) is 38.8 Å². The van der Waals surface area contributed by atoms with Gasteiger partial charge in [0.05, 0.1) is 18.1 Å². The second-order valence-corrected chi connectivity index (χ2v) is 9.20. The zero-order valence-corrected chi connectivity index (χ0v) is 15.8. The zero-order valence-electron chi connectivity index (χ0n) is 15.0. The maximum Gasteiger partial charge on any atom is 0.236 e. The van der Waals surface area contributed by atoms with Crippen LogP contribution >= 0.6 is 0 Å². The van der Waals surface area contributed by atoms with E-state index in [1.807, 2.05) is 23.1 Å². The lowest BCUT2D eigenvalue weighted by atomic mass is 10.2. The summed E-state index contributed by atoms with van der Waals surface area (Å²) in [6, 6.07) is 10.1. The Kier molecular flexibility index (Phi) is 6.45. The van der Waals surface area contributed by atoms with Gasteiger partial charge in [-0.1, -0.05) is 42.5 Å². The Morgan fingerprint density at radius 2 is 1.88 bits per heavy atom.